The minimum atomic E-state index is -0.181. The summed E-state index contributed by atoms with van der Waals surface area (Å²) in [4.78, 5) is 8.82. The van der Waals surface area contributed by atoms with Gasteiger partial charge < -0.3 is 15.1 Å². The van der Waals surface area contributed by atoms with E-state index in [1.807, 2.05) is 18.2 Å². The first-order valence-corrected chi connectivity index (χ1v) is 9.38. The van der Waals surface area contributed by atoms with Crippen molar-refractivity contribution < 1.29 is 4.39 Å². The van der Waals surface area contributed by atoms with E-state index in [2.05, 4.69) is 56.3 Å². The Hall–Kier alpha value is -3.22. The first-order chi connectivity index (χ1) is 13.6. The summed E-state index contributed by atoms with van der Waals surface area (Å²) in [6, 6.07) is 13.0. The van der Waals surface area contributed by atoms with Gasteiger partial charge in [-0.15, -0.1) is 5.10 Å². The molecule has 0 unspecified atom stereocenters. The van der Waals surface area contributed by atoms with Gasteiger partial charge >= 0.3 is 0 Å². The van der Waals surface area contributed by atoms with Crippen LogP contribution in [0.5, 0.6) is 0 Å². The molecule has 0 aliphatic carbocycles. The lowest BCUT2D eigenvalue weighted by atomic mass is 10.1. The number of aromatic nitrogens is 3. The molecule has 1 aromatic heterocycles. The maximum atomic E-state index is 14.0. The summed E-state index contributed by atoms with van der Waals surface area (Å²) in [7, 11) is 0. The number of rotatable bonds is 4. The average molecular weight is 378 g/mol. The van der Waals surface area contributed by atoms with Crippen LogP contribution >= 0.6 is 0 Å². The van der Waals surface area contributed by atoms with Crippen molar-refractivity contribution >= 4 is 23.1 Å². The molecule has 1 fully saturated rings. The summed E-state index contributed by atoms with van der Waals surface area (Å²) < 4.78 is 14.0. The maximum Gasteiger partial charge on any atom is 0.249 e. The van der Waals surface area contributed by atoms with Gasteiger partial charge in [0.1, 0.15) is 5.82 Å². The van der Waals surface area contributed by atoms with Crippen LogP contribution in [0, 0.1) is 19.7 Å². The minimum Gasteiger partial charge on any atom is -0.366 e. The largest absolute Gasteiger partial charge is 0.366 e. The molecular weight excluding hydrogens is 355 g/mol. The molecule has 6 nitrogen and oxygen atoms in total. The van der Waals surface area contributed by atoms with Crippen molar-refractivity contribution in [2.45, 2.75) is 13.8 Å². The van der Waals surface area contributed by atoms with Gasteiger partial charge in [0.05, 0.1) is 11.9 Å². The highest BCUT2D eigenvalue weighted by Gasteiger charge is 2.20. The van der Waals surface area contributed by atoms with Crippen molar-refractivity contribution in [2.75, 3.05) is 41.3 Å². The zero-order chi connectivity index (χ0) is 19.5. The summed E-state index contributed by atoms with van der Waals surface area (Å²) in [5.74, 6) is 1.06. The van der Waals surface area contributed by atoms with Crippen LogP contribution in [0.15, 0.2) is 48.7 Å². The van der Waals surface area contributed by atoms with Gasteiger partial charge in [-0.3, -0.25) is 0 Å². The molecule has 0 saturated carbocycles. The van der Waals surface area contributed by atoms with Crippen LogP contribution in [0.2, 0.25) is 0 Å². The van der Waals surface area contributed by atoms with E-state index in [4.69, 9.17) is 0 Å². The van der Waals surface area contributed by atoms with Crippen molar-refractivity contribution in [1.29, 1.82) is 0 Å². The maximum absolute atomic E-state index is 14.0. The van der Waals surface area contributed by atoms with E-state index in [0.29, 0.717) is 11.6 Å². The molecule has 1 saturated heterocycles. The Labute approximate surface area is 164 Å². The Balaban J connectivity index is 1.44. The molecule has 1 aliphatic rings. The average Bonchev–Trinajstić information content (AvgIpc) is 2.72. The van der Waals surface area contributed by atoms with Gasteiger partial charge in [-0.25, -0.2) is 4.39 Å². The van der Waals surface area contributed by atoms with Crippen molar-refractivity contribution in [3.63, 3.8) is 0 Å². The number of piperazine rings is 1. The van der Waals surface area contributed by atoms with Gasteiger partial charge in [0.2, 0.25) is 5.95 Å². The summed E-state index contributed by atoms with van der Waals surface area (Å²) in [6.07, 6.45) is 1.67. The lowest BCUT2D eigenvalue weighted by molar-refractivity contribution is 0.595. The molecule has 1 N–H and O–H groups in total. The molecule has 144 valence electrons. The molecular formula is C21H23FN6. The zero-order valence-electron chi connectivity index (χ0n) is 16.1. The monoisotopic (exact) mass is 378 g/mol. The van der Waals surface area contributed by atoms with Crippen LogP contribution in [0.4, 0.5) is 27.5 Å². The van der Waals surface area contributed by atoms with E-state index in [-0.39, 0.29) is 5.82 Å². The van der Waals surface area contributed by atoms with E-state index in [0.717, 1.165) is 37.7 Å². The Morgan fingerprint density at radius 3 is 2.43 bits per heavy atom. The fraction of sp³-hybridized carbons (Fsp3) is 0.286. The molecule has 2 heterocycles. The fourth-order valence-electron chi connectivity index (χ4n) is 3.33. The van der Waals surface area contributed by atoms with Gasteiger partial charge in [0.25, 0.3) is 0 Å². The van der Waals surface area contributed by atoms with Crippen molar-refractivity contribution in [1.82, 2.24) is 15.2 Å². The van der Waals surface area contributed by atoms with Crippen LogP contribution in [-0.2, 0) is 0 Å². The topological polar surface area (TPSA) is 57.2 Å². The van der Waals surface area contributed by atoms with Crippen molar-refractivity contribution in [2.24, 2.45) is 0 Å². The highest BCUT2D eigenvalue weighted by molar-refractivity contribution is 5.57. The van der Waals surface area contributed by atoms with E-state index in [1.165, 1.54) is 17.2 Å². The first kappa shape index (κ1) is 18.2. The molecule has 2 aromatic carbocycles. The molecule has 1 aliphatic heterocycles. The number of halogens is 1. The normalized spacial score (nSPS) is 14.2. The lowest BCUT2D eigenvalue weighted by Crippen LogP contribution is -2.47. The van der Waals surface area contributed by atoms with Crippen LogP contribution in [-0.4, -0.2) is 41.4 Å². The van der Waals surface area contributed by atoms with Gasteiger partial charge in [0.15, 0.2) is 5.82 Å². The van der Waals surface area contributed by atoms with E-state index in [9.17, 15) is 4.39 Å². The predicted molar refractivity (Wildman–Crippen MR) is 110 cm³/mol. The summed E-state index contributed by atoms with van der Waals surface area (Å²) in [5, 5.41) is 11.4. The van der Waals surface area contributed by atoms with E-state index >= 15 is 0 Å². The van der Waals surface area contributed by atoms with Crippen LogP contribution in [0.1, 0.15) is 11.1 Å². The molecule has 0 radical (unpaired) electrons. The fourth-order valence-corrected chi connectivity index (χ4v) is 3.33. The quantitative estimate of drug-likeness (QED) is 0.747. The van der Waals surface area contributed by atoms with Gasteiger partial charge in [-0.2, -0.15) is 10.1 Å². The molecule has 28 heavy (non-hydrogen) atoms. The lowest BCUT2D eigenvalue weighted by Gasteiger charge is -2.36. The van der Waals surface area contributed by atoms with E-state index < -0.39 is 0 Å². The minimum absolute atomic E-state index is 0.181. The summed E-state index contributed by atoms with van der Waals surface area (Å²) in [5.41, 5.74) is 4.04. The van der Waals surface area contributed by atoms with Crippen molar-refractivity contribution in [3.05, 3.63) is 65.6 Å². The number of para-hydroxylation sites is 1. The molecule has 0 amide bonds. The Morgan fingerprint density at radius 1 is 0.929 bits per heavy atom. The molecule has 0 spiro atoms. The number of nitrogens with zero attached hydrogens (tertiary/aromatic N) is 5. The number of aryl methyl sites for hydroxylation is 2. The van der Waals surface area contributed by atoms with Crippen LogP contribution in [0.3, 0.4) is 0 Å². The predicted octanol–water partition coefficient (Wildman–Crippen LogP) is 3.70. The SMILES string of the molecule is Cc1ccc(Nc2nncc(N3CCN(c4ccccc4F)CC3)n2)cc1C. The molecule has 3 aromatic rings. The Morgan fingerprint density at radius 2 is 1.68 bits per heavy atom. The highest BCUT2D eigenvalue weighted by Crippen LogP contribution is 2.23. The third-order valence-corrected chi connectivity index (χ3v) is 5.11. The number of anilines is 4. The van der Waals surface area contributed by atoms with E-state index in [1.54, 1.807) is 12.3 Å². The smallest absolute Gasteiger partial charge is 0.249 e. The standard InChI is InChI=1S/C21H23FN6/c1-15-7-8-17(13-16(15)2)24-21-25-20(14-23-26-21)28-11-9-27(10-12-28)19-6-4-3-5-18(19)22/h3-8,13-14H,9-12H2,1-2H3,(H,24,25,26). The third-order valence-electron chi connectivity index (χ3n) is 5.11. The number of nitrogens with one attached hydrogen (secondary N) is 1. The molecule has 0 atom stereocenters. The van der Waals surface area contributed by atoms with Crippen molar-refractivity contribution in [3.8, 4) is 0 Å². The first-order valence-electron chi connectivity index (χ1n) is 9.38. The number of hydrogen-bond acceptors (Lipinski definition) is 6. The third kappa shape index (κ3) is 3.88. The van der Waals surface area contributed by atoms with Crippen LogP contribution < -0.4 is 15.1 Å². The Bertz CT molecular complexity index is 969. The van der Waals surface area contributed by atoms with Gasteiger partial charge in [0, 0.05) is 31.9 Å². The number of benzene rings is 2. The summed E-state index contributed by atoms with van der Waals surface area (Å²) >= 11 is 0. The zero-order valence-corrected chi connectivity index (χ0v) is 16.1. The van der Waals surface area contributed by atoms with Gasteiger partial charge in [-0.1, -0.05) is 18.2 Å². The van der Waals surface area contributed by atoms with Crippen LogP contribution in [0.25, 0.3) is 0 Å². The molecule has 0 bridgehead atoms. The molecule has 7 heteroatoms. The highest BCUT2D eigenvalue weighted by atomic mass is 19.1. The second-order valence-corrected chi connectivity index (χ2v) is 6.99. The van der Waals surface area contributed by atoms with Gasteiger partial charge in [-0.05, 0) is 49.2 Å². The number of hydrogen-bond donors (Lipinski definition) is 1. The second-order valence-electron chi connectivity index (χ2n) is 6.99. The summed E-state index contributed by atoms with van der Waals surface area (Å²) in [6.45, 7) is 7.10. The molecule has 4 rings (SSSR count). The second kappa shape index (κ2) is 7.80. The Kier molecular flexibility index (Phi) is 5.06.